The van der Waals surface area contributed by atoms with Crippen LogP contribution in [0.25, 0.3) is 15.9 Å². The van der Waals surface area contributed by atoms with Crippen molar-refractivity contribution in [1.82, 2.24) is 14.8 Å². The zero-order chi connectivity index (χ0) is 15.9. The summed E-state index contributed by atoms with van der Waals surface area (Å²) in [6, 6.07) is 9.33. The number of carbonyl (C=O) groups is 1. The van der Waals surface area contributed by atoms with Crippen LogP contribution < -0.4 is 0 Å². The molecule has 0 N–H and O–H groups in total. The highest BCUT2D eigenvalue weighted by Crippen LogP contribution is 2.32. The van der Waals surface area contributed by atoms with Crippen LogP contribution in [0.1, 0.15) is 15.4 Å². The lowest BCUT2D eigenvalue weighted by atomic mass is 10.3. The van der Waals surface area contributed by atoms with Crippen LogP contribution in [0.4, 0.5) is 0 Å². The van der Waals surface area contributed by atoms with Crippen LogP contribution in [0.2, 0.25) is 5.02 Å². The molecule has 22 heavy (non-hydrogen) atoms. The summed E-state index contributed by atoms with van der Waals surface area (Å²) in [5.41, 5.74) is 1.65. The minimum atomic E-state index is -0.186. The maximum Gasteiger partial charge on any atom is 0.287 e. The molecule has 0 bridgehead atoms. The first kappa shape index (κ1) is 15.0. The van der Waals surface area contributed by atoms with Crippen LogP contribution >= 0.6 is 22.9 Å². The number of nitrogens with zero attached hydrogens (tertiary/aromatic N) is 3. The first-order valence-corrected chi connectivity index (χ1v) is 7.78. The lowest BCUT2D eigenvalue weighted by Gasteiger charge is -2.11. The van der Waals surface area contributed by atoms with E-state index in [2.05, 4.69) is 5.10 Å². The molecule has 0 saturated carbocycles. The summed E-state index contributed by atoms with van der Waals surface area (Å²) in [7, 11) is 3.04. The number of aryl methyl sites for hydroxylation is 1. The van der Waals surface area contributed by atoms with Gasteiger partial charge in [0.25, 0.3) is 5.91 Å². The normalized spacial score (nSPS) is 11.1. The molecule has 0 unspecified atom stereocenters. The van der Waals surface area contributed by atoms with Crippen molar-refractivity contribution < 1.29 is 9.63 Å². The predicted molar refractivity (Wildman–Crippen MR) is 87.8 cm³/mol. The van der Waals surface area contributed by atoms with Crippen molar-refractivity contribution in [2.75, 3.05) is 14.2 Å². The van der Waals surface area contributed by atoms with E-state index >= 15 is 0 Å². The molecular weight excluding hydrogens is 322 g/mol. The fourth-order valence-corrected chi connectivity index (χ4v) is 3.54. The highest BCUT2D eigenvalue weighted by atomic mass is 35.5. The highest BCUT2D eigenvalue weighted by Gasteiger charge is 2.20. The standard InChI is InChI=1S/C15H14ClN3O2S/c1-9-10-8-13(14(20)18(2)21-3)22-15(10)19(17-9)12-7-5-4-6-11(12)16/h4-8H,1-3H3. The van der Waals surface area contributed by atoms with E-state index in [1.54, 1.807) is 11.7 Å². The molecule has 1 aromatic carbocycles. The minimum Gasteiger partial charge on any atom is -0.274 e. The lowest BCUT2D eigenvalue weighted by molar-refractivity contribution is -0.0753. The number of para-hydroxylation sites is 1. The molecule has 5 nitrogen and oxygen atoms in total. The van der Waals surface area contributed by atoms with E-state index in [1.807, 2.05) is 37.3 Å². The average molecular weight is 336 g/mol. The van der Waals surface area contributed by atoms with E-state index in [9.17, 15) is 4.79 Å². The third kappa shape index (κ3) is 2.39. The van der Waals surface area contributed by atoms with Crippen molar-refractivity contribution >= 4 is 39.1 Å². The summed E-state index contributed by atoms with van der Waals surface area (Å²) in [5, 5.41) is 7.29. The second-order valence-electron chi connectivity index (χ2n) is 4.76. The van der Waals surface area contributed by atoms with Gasteiger partial charge < -0.3 is 0 Å². The Bertz CT molecular complexity index is 856. The van der Waals surface area contributed by atoms with Crippen molar-refractivity contribution in [3.05, 3.63) is 45.9 Å². The second-order valence-corrected chi connectivity index (χ2v) is 6.20. The molecule has 2 heterocycles. The van der Waals surface area contributed by atoms with Gasteiger partial charge in [0.05, 0.1) is 28.4 Å². The molecule has 0 saturated heterocycles. The molecule has 0 aliphatic carbocycles. The Hall–Kier alpha value is -1.89. The van der Waals surface area contributed by atoms with Crippen molar-refractivity contribution in [2.45, 2.75) is 6.92 Å². The monoisotopic (exact) mass is 335 g/mol. The number of benzene rings is 1. The smallest absolute Gasteiger partial charge is 0.274 e. The van der Waals surface area contributed by atoms with E-state index in [0.717, 1.165) is 21.6 Å². The Labute approximate surface area is 136 Å². The highest BCUT2D eigenvalue weighted by molar-refractivity contribution is 7.20. The molecule has 7 heteroatoms. The van der Waals surface area contributed by atoms with E-state index in [0.29, 0.717) is 9.90 Å². The fraction of sp³-hybridized carbons (Fsp3) is 0.200. The number of carbonyl (C=O) groups excluding carboxylic acids is 1. The second kappa shape index (κ2) is 5.72. The molecule has 1 amide bonds. The average Bonchev–Trinajstić information content (AvgIpc) is 3.07. The summed E-state index contributed by atoms with van der Waals surface area (Å²) in [5.74, 6) is -0.186. The maximum absolute atomic E-state index is 12.2. The van der Waals surface area contributed by atoms with Gasteiger partial charge in [-0.3, -0.25) is 9.63 Å². The van der Waals surface area contributed by atoms with Gasteiger partial charge in [-0.05, 0) is 25.1 Å². The van der Waals surface area contributed by atoms with Crippen LogP contribution in [0.3, 0.4) is 0 Å². The molecule has 114 valence electrons. The first-order valence-electron chi connectivity index (χ1n) is 6.59. The van der Waals surface area contributed by atoms with Gasteiger partial charge in [0.15, 0.2) is 0 Å². The van der Waals surface area contributed by atoms with Gasteiger partial charge in [-0.25, -0.2) is 9.75 Å². The number of aromatic nitrogens is 2. The zero-order valence-corrected chi connectivity index (χ0v) is 13.9. The van der Waals surface area contributed by atoms with Crippen molar-refractivity contribution in [1.29, 1.82) is 0 Å². The number of rotatable bonds is 3. The van der Waals surface area contributed by atoms with E-state index < -0.39 is 0 Å². The molecule has 2 aromatic heterocycles. The summed E-state index contributed by atoms with van der Waals surface area (Å²) < 4.78 is 1.78. The van der Waals surface area contributed by atoms with Crippen LogP contribution in [-0.2, 0) is 4.84 Å². The molecule has 3 aromatic rings. The summed E-state index contributed by atoms with van der Waals surface area (Å²) in [6.07, 6.45) is 0. The molecular formula is C15H14ClN3O2S. The lowest BCUT2D eigenvalue weighted by Crippen LogP contribution is -2.24. The number of hydrogen-bond acceptors (Lipinski definition) is 4. The van der Waals surface area contributed by atoms with Gasteiger partial charge >= 0.3 is 0 Å². The van der Waals surface area contributed by atoms with Gasteiger partial charge in [0.1, 0.15) is 4.83 Å². The Morgan fingerprint density at radius 3 is 2.82 bits per heavy atom. The molecule has 0 fully saturated rings. The van der Waals surface area contributed by atoms with Gasteiger partial charge in [-0.1, -0.05) is 23.7 Å². The van der Waals surface area contributed by atoms with Gasteiger partial charge in [0.2, 0.25) is 0 Å². The zero-order valence-electron chi connectivity index (χ0n) is 12.3. The molecule has 0 radical (unpaired) electrons. The van der Waals surface area contributed by atoms with Crippen LogP contribution in [0.5, 0.6) is 0 Å². The van der Waals surface area contributed by atoms with Crippen molar-refractivity contribution in [3.63, 3.8) is 0 Å². The van der Waals surface area contributed by atoms with E-state index in [4.69, 9.17) is 16.4 Å². The van der Waals surface area contributed by atoms with E-state index in [1.165, 1.54) is 23.5 Å². The number of fused-ring (bicyclic) bond motifs is 1. The number of amides is 1. The maximum atomic E-state index is 12.2. The molecule has 0 atom stereocenters. The first-order chi connectivity index (χ1) is 10.5. The van der Waals surface area contributed by atoms with Gasteiger partial charge in [-0.2, -0.15) is 5.10 Å². The van der Waals surface area contributed by atoms with Crippen molar-refractivity contribution in [2.24, 2.45) is 0 Å². The number of hydrogen-bond donors (Lipinski definition) is 0. The van der Waals surface area contributed by atoms with Crippen LogP contribution in [-0.4, -0.2) is 34.9 Å². The number of halogens is 1. The predicted octanol–water partition coefficient (Wildman–Crippen LogP) is 3.68. The number of hydroxylamine groups is 2. The Morgan fingerprint density at radius 2 is 2.14 bits per heavy atom. The summed E-state index contributed by atoms with van der Waals surface area (Å²) in [6.45, 7) is 1.91. The largest absolute Gasteiger partial charge is 0.287 e. The Morgan fingerprint density at radius 1 is 1.41 bits per heavy atom. The third-order valence-electron chi connectivity index (χ3n) is 3.40. The fourth-order valence-electron chi connectivity index (χ4n) is 2.18. The minimum absolute atomic E-state index is 0.186. The molecule has 3 rings (SSSR count). The molecule has 0 aliphatic heterocycles. The van der Waals surface area contributed by atoms with Crippen LogP contribution in [0.15, 0.2) is 30.3 Å². The van der Waals surface area contributed by atoms with Gasteiger partial charge in [0, 0.05) is 12.4 Å². The SMILES string of the molecule is CON(C)C(=O)c1cc2c(C)nn(-c3ccccc3Cl)c2s1. The molecule has 0 aliphatic rings. The molecule has 0 spiro atoms. The van der Waals surface area contributed by atoms with Crippen LogP contribution in [0, 0.1) is 6.92 Å². The van der Waals surface area contributed by atoms with E-state index in [-0.39, 0.29) is 5.91 Å². The van der Waals surface area contributed by atoms with Crippen molar-refractivity contribution in [3.8, 4) is 5.69 Å². The number of thiophene rings is 1. The van der Waals surface area contributed by atoms with Gasteiger partial charge in [-0.15, -0.1) is 11.3 Å². The Balaban J connectivity index is 2.16. The quantitative estimate of drug-likeness (QED) is 0.686. The summed E-state index contributed by atoms with van der Waals surface area (Å²) in [4.78, 5) is 18.7. The third-order valence-corrected chi connectivity index (χ3v) is 4.81. The topological polar surface area (TPSA) is 47.4 Å². The Kier molecular flexibility index (Phi) is 3.90. The summed E-state index contributed by atoms with van der Waals surface area (Å²) >= 11 is 7.63.